The van der Waals surface area contributed by atoms with Crippen molar-refractivity contribution in [2.45, 2.75) is 45.1 Å². The van der Waals surface area contributed by atoms with E-state index in [0.29, 0.717) is 0 Å². The molecule has 1 aliphatic heterocycles. The van der Waals surface area contributed by atoms with Gasteiger partial charge in [0.2, 0.25) is 0 Å². The van der Waals surface area contributed by atoms with Crippen molar-refractivity contribution in [2.24, 2.45) is 11.3 Å². The molecule has 1 spiro atoms. The molecule has 1 aliphatic carbocycles. The number of esters is 1. The molecule has 3 atom stereocenters. The number of aromatic nitrogens is 2. The number of hydrogen-bond acceptors (Lipinski definition) is 7. The third-order valence-electron chi connectivity index (χ3n) is 4.53. The molecule has 126 valence electrons. The van der Waals surface area contributed by atoms with Crippen molar-refractivity contribution in [3.05, 3.63) is 22.7 Å². The molecule has 8 nitrogen and oxygen atoms in total. The first-order valence-corrected chi connectivity index (χ1v) is 7.70. The number of aliphatic hydroxyl groups is 1. The van der Waals surface area contributed by atoms with E-state index in [9.17, 15) is 14.7 Å². The Balaban J connectivity index is 1.78. The second-order valence-corrected chi connectivity index (χ2v) is 6.53. The van der Waals surface area contributed by atoms with E-state index < -0.39 is 29.5 Å². The lowest BCUT2D eigenvalue weighted by molar-refractivity contribution is -0.153. The summed E-state index contributed by atoms with van der Waals surface area (Å²) in [5.41, 5.74) is 4.46. The molecule has 3 rings (SSSR count). The maximum Gasteiger partial charge on any atom is 0.351 e. The van der Waals surface area contributed by atoms with Gasteiger partial charge in [-0.25, -0.2) is 4.79 Å². The van der Waals surface area contributed by atoms with Crippen molar-refractivity contribution < 1.29 is 19.4 Å². The zero-order valence-corrected chi connectivity index (χ0v) is 13.1. The first-order chi connectivity index (χ1) is 10.8. The fourth-order valence-electron chi connectivity index (χ4n) is 2.99. The minimum atomic E-state index is -0.795. The average Bonchev–Trinajstić information content (AvgIpc) is 3.24. The van der Waals surface area contributed by atoms with Crippen LogP contribution in [0, 0.1) is 11.3 Å². The van der Waals surface area contributed by atoms with Crippen LogP contribution in [0.1, 0.15) is 32.9 Å². The number of aliphatic hydroxyl groups excluding tert-OH is 1. The first kappa shape index (κ1) is 15.9. The molecular formula is C15H21N3O5. The minimum absolute atomic E-state index is 0.0341. The van der Waals surface area contributed by atoms with Gasteiger partial charge in [-0.15, -0.1) is 0 Å². The highest BCUT2D eigenvalue weighted by Crippen LogP contribution is 2.62. The van der Waals surface area contributed by atoms with E-state index in [4.69, 9.17) is 15.2 Å². The average molecular weight is 323 g/mol. The summed E-state index contributed by atoms with van der Waals surface area (Å²) in [4.78, 5) is 27.3. The molecule has 0 radical (unpaired) electrons. The molecule has 1 aromatic heterocycles. The highest BCUT2D eigenvalue weighted by molar-refractivity contribution is 5.71. The van der Waals surface area contributed by atoms with Crippen LogP contribution in [0.2, 0.25) is 0 Å². The molecule has 0 bridgehead atoms. The Kier molecular flexibility index (Phi) is 3.89. The zero-order valence-electron chi connectivity index (χ0n) is 13.1. The third kappa shape index (κ3) is 2.72. The van der Waals surface area contributed by atoms with Gasteiger partial charge in [0.25, 0.3) is 0 Å². The van der Waals surface area contributed by atoms with Crippen LogP contribution in [-0.4, -0.2) is 39.4 Å². The van der Waals surface area contributed by atoms with Gasteiger partial charge in [-0.1, -0.05) is 13.8 Å². The molecule has 1 saturated carbocycles. The van der Waals surface area contributed by atoms with Gasteiger partial charge in [0.05, 0.1) is 12.0 Å². The highest BCUT2D eigenvalue weighted by Gasteiger charge is 2.64. The number of hydrogen-bond donors (Lipinski definition) is 2. The maximum atomic E-state index is 12.0. The van der Waals surface area contributed by atoms with Gasteiger partial charge in [0.15, 0.2) is 0 Å². The van der Waals surface area contributed by atoms with E-state index in [1.54, 1.807) is 13.8 Å². The maximum absolute atomic E-state index is 12.0. The van der Waals surface area contributed by atoms with Gasteiger partial charge in [-0.05, 0) is 18.9 Å². The van der Waals surface area contributed by atoms with Gasteiger partial charge >= 0.3 is 11.7 Å². The van der Waals surface area contributed by atoms with Gasteiger partial charge in [0, 0.05) is 11.6 Å². The predicted octanol–water partition coefficient (Wildman–Crippen LogP) is 0.0632. The Morgan fingerprint density at radius 3 is 2.87 bits per heavy atom. The topological polar surface area (TPSA) is 117 Å². The fourth-order valence-corrected chi connectivity index (χ4v) is 2.99. The summed E-state index contributed by atoms with van der Waals surface area (Å²) in [5, 5.41) is 10.5. The van der Waals surface area contributed by atoms with Gasteiger partial charge in [-0.3, -0.25) is 9.36 Å². The SMILES string of the molecule is CC(C)C(=O)OC[C@H]1O[C@@H](n2ccc(N)nc2=O)C2(CC2)[C@@H]1O. The first-order valence-electron chi connectivity index (χ1n) is 7.70. The minimum Gasteiger partial charge on any atom is -0.463 e. The second kappa shape index (κ2) is 5.61. The molecular weight excluding hydrogens is 302 g/mol. The van der Waals surface area contributed by atoms with E-state index in [1.165, 1.54) is 16.8 Å². The second-order valence-electron chi connectivity index (χ2n) is 6.53. The van der Waals surface area contributed by atoms with Crippen LogP contribution >= 0.6 is 0 Å². The van der Waals surface area contributed by atoms with Crippen molar-refractivity contribution in [3.63, 3.8) is 0 Å². The van der Waals surface area contributed by atoms with E-state index in [2.05, 4.69) is 4.98 Å². The molecule has 1 saturated heterocycles. The molecule has 2 fully saturated rings. The summed E-state index contributed by atoms with van der Waals surface area (Å²) in [6.07, 6.45) is 0.923. The summed E-state index contributed by atoms with van der Waals surface area (Å²) >= 11 is 0. The monoisotopic (exact) mass is 323 g/mol. The number of ether oxygens (including phenoxy) is 2. The normalized spacial score (nSPS) is 28.3. The van der Waals surface area contributed by atoms with Crippen LogP contribution < -0.4 is 11.4 Å². The van der Waals surface area contributed by atoms with Gasteiger partial charge in [0.1, 0.15) is 24.8 Å². The van der Waals surface area contributed by atoms with E-state index in [0.717, 1.165) is 12.8 Å². The number of anilines is 1. The fraction of sp³-hybridized carbons (Fsp3) is 0.667. The number of carbonyl (C=O) groups is 1. The molecule has 2 aliphatic rings. The molecule has 0 amide bonds. The van der Waals surface area contributed by atoms with E-state index in [-0.39, 0.29) is 24.3 Å². The van der Waals surface area contributed by atoms with E-state index >= 15 is 0 Å². The highest BCUT2D eigenvalue weighted by atomic mass is 16.6. The Labute approximate surface area is 133 Å². The Morgan fingerprint density at radius 2 is 2.30 bits per heavy atom. The number of nitrogens with zero attached hydrogens (tertiary/aromatic N) is 2. The van der Waals surface area contributed by atoms with Crippen LogP contribution in [0.4, 0.5) is 5.82 Å². The van der Waals surface area contributed by atoms with Crippen molar-refractivity contribution in [1.82, 2.24) is 9.55 Å². The Hall–Kier alpha value is -1.93. The van der Waals surface area contributed by atoms with E-state index in [1.807, 2.05) is 0 Å². The molecule has 0 unspecified atom stereocenters. The predicted molar refractivity (Wildman–Crippen MR) is 80.3 cm³/mol. The largest absolute Gasteiger partial charge is 0.463 e. The quantitative estimate of drug-likeness (QED) is 0.753. The summed E-state index contributed by atoms with van der Waals surface area (Å²) < 4.78 is 12.4. The zero-order chi connectivity index (χ0) is 16.8. The van der Waals surface area contributed by atoms with Crippen LogP contribution in [0.3, 0.4) is 0 Å². The molecule has 0 aromatic carbocycles. The van der Waals surface area contributed by atoms with Crippen LogP contribution in [0.15, 0.2) is 17.1 Å². The summed E-state index contributed by atoms with van der Waals surface area (Å²) in [5.74, 6) is -0.458. The number of nitrogen functional groups attached to an aromatic ring is 1. The molecule has 3 N–H and O–H groups in total. The van der Waals surface area contributed by atoms with Crippen LogP contribution in [-0.2, 0) is 14.3 Å². The van der Waals surface area contributed by atoms with Gasteiger partial charge in [-0.2, -0.15) is 4.98 Å². The third-order valence-corrected chi connectivity index (χ3v) is 4.53. The van der Waals surface area contributed by atoms with Crippen LogP contribution in [0.25, 0.3) is 0 Å². The Bertz CT molecular complexity index is 667. The lowest BCUT2D eigenvalue weighted by Gasteiger charge is -2.20. The number of rotatable bonds is 4. The van der Waals surface area contributed by atoms with Crippen LogP contribution in [0.5, 0.6) is 0 Å². The van der Waals surface area contributed by atoms with Crippen molar-refractivity contribution in [3.8, 4) is 0 Å². The number of carbonyl (C=O) groups excluding carboxylic acids is 1. The Morgan fingerprint density at radius 1 is 1.61 bits per heavy atom. The molecule has 1 aromatic rings. The summed E-state index contributed by atoms with van der Waals surface area (Å²) in [7, 11) is 0. The van der Waals surface area contributed by atoms with Crippen molar-refractivity contribution >= 4 is 11.8 Å². The smallest absolute Gasteiger partial charge is 0.351 e. The lowest BCUT2D eigenvalue weighted by atomic mass is 9.96. The molecule has 23 heavy (non-hydrogen) atoms. The van der Waals surface area contributed by atoms with Crippen molar-refractivity contribution in [2.75, 3.05) is 12.3 Å². The van der Waals surface area contributed by atoms with Gasteiger partial charge < -0.3 is 20.3 Å². The summed E-state index contributed by atoms with van der Waals surface area (Å²) in [6.45, 7) is 3.44. The number of nitrogens with two attached hydrogens (primary N) is 1. The standard InChI is InChI=1S/C15H21N3O5/c1-8(2)12(20)22-7-9-11(19)15(4-5-15)13(23-9)18-6-3-10(16)17-14(18)21/h3,6,8-9,11,13,19H,4-5,7H2,1-2H3,(H2,16,17,21)/t9-,11-,13-/m1/s1. The summed E-state index contributed by atoms with van der Waals surface area (Å²) in [6, 6.07) is 1.51. The molecule has 8 heteroatoms. The molecule has 2 heterocycles. The van der Waals surface area contributed by atoms with Crippen molar-refractivity contribution in [1.29, 1.82) is 0 Å². The lowest BCUT2D eigenvalue weighted by Crippen LogP contribution is -2.34.